The molecular formula is C11H18ClNO. The number of hydrogen-bond donors (Lipinski definition) is 2. The summed E-state index contributed by atoms with van der Waals surface area (Å²) in [6, 6.07) is 5.62. The van der Waals surface area contributed by atoms with Crippen LogP contribution in [0.3, 0.4) is 0 Å². The highest BCUT2D eigenvalue weighted by atomic mass is 35.5. The zero-order valence-electron chi connectivity index (χ0n) is 8.66. The Bertz CT molecular complexity index is 289. The number of benzene rings is 1. The third-order valence-electron chi connectivity index (χ3n) is 2.34. The topological polar surface area (TPSA) is 46.2 Å². The Hall–Kier alpha value is -0.730. The highest BCUT2D eigenvalue weighted by Gasteiger charge is 2.04. The molecule has 0 amide bonds. The van der Waals surface area contributed by atoms with Crippen LogP contribution in [0.4, 0.5) is 0 Å². The molecule has 1 aromatic rings. The molecule has 0 aliphatic rings. The minimum atomic E-state index is 0. The van der Waals surface area contributed by atoms with Crippen LogP contribution in [-0.4, -0.2) is 11.1 Å². The lowest BCUT2D eigenvalue weighted by Gasteiger charge is -2.11. The number of rotatable bonds is 3. The average Bonchev–Trinajstić information content (AvgIpc) is 2.11. The fraction of sp³-hybridized carbons (Fsp3) is 0.455. The van der Waals surface area contributed by atoms with Gasteiger partial charge in [-0.05, 0) is 43.0 Å². The van der Waals surface area contributed by atoms with Crippen LogP contribution in [0, 0.1) is 6.92 Å². The Labute approximate surface area is 91.5 Å². The SMILES string of the molecule is CCC(N)Cc1cc(O)ccc1C.Cl. The first-order valence-corrected chi connectivity index (χ1v) is 4.67. The van der Waals surface area contributed by atoms with Crippen LogP contribution in [-0.2, 0) is 6.42 Å². The molecule has 0 aliphatic carbocycles. The molecule has 0 spiro atoms. The van der Waals surface area contributed by atoms with Crippen LogP contribution < -0.4 is 5.73 Å². The highest BCUT2D eigenvalue weighted by molar-refractivity contribution is 5.85. The summed E-state index contributed by atoms with van der Waals surface area (Å²) in [6.45, 7) is 4.11. The number of aryl methyl sites for hydroxylation is 1. The lowest BCUT2D eigenvalue weighted by atomic mass is 10.00. The number of nitrogens with two attached hydrogens (primary N) is 1. The zero-order valence-corrected chi connectivity index (χ0v) is 9.47. The standard InChI is InChI=1S/C11H17NO.ClH/c1-3-10(12)6-9-7-11(13)5-4-8(9)2;/h4-5,7,10,13H,3,6,12H2,1-2H3;1H. The van der Waals surface area contributed by atoms with Crippen LogP contribution in [0.1, 0.15) is 24.5 Å². The van der Waals surface area contributed by atoms with Gasteiger partial charge in [-0.2, -0.15) is 0 Å². The monoisotopic (exact) mass is 215 g/mol. The fourth-order valence-electron chi connectivity index (χ4n) is 1.30. The Balaban J connectivity index is 0.00000169. The van der Waals surface area contributed by atoms with Crippen molar-refractivity contribution in [3.8, 4) is 5.75 Å². The molecule has 3 heteroatoms. The molecule has 0 fully saturated rings. The second-order valence-corrected chi connectivity index (χ2v) is 3.48. The molecule has 0 aliphatic heterocycles. The Morgan fingerprint density at radius 2 is 2.07 bits per heavy atom. The Kier molecular flexibility index (Phi) is 5.58. The second kappa shape index (κ2) is 5.89. The molecule has 80 valence electrons. The quantitative estimate of drug-likeness (QED) is 0.814. The van der Waals surface area contributed by atoms with Gasteiger partial charge in [-0.25, -0.2) is 0 Å². The summed E-state index contributed by atoms with van der Waals surface area (Å²) in [5.41, 5.74) is 8.19. The molecule has 0 saturated carbocycles. The van der Waals surface area contributed by atoms with Crippen LogP contribution in [0.2, 0.25) is 0 Å². The molecular weight excluding hydrogens is 198 g/mol. The van der Waals surface area contributed by atoms with E-state index in [-0.39, 0.29) is 18.4 Å². The van der Waals surface area contributed by atoms with E-state index >= 15 is 0 Å². The third-order valence-corrected chi connectivity index (χ3v) is 2.34. The van der Waals surface area contributed by atoms with Crippen molar-refractivity contribution in [2.45, 2.75) is 32.7 Å². The van der Waals surface area contributed by atoms with Gasteiger partial charge in [0, 0.05) is 6.04 Å². The molecule has 14 heavy (non-hydrogen) atoms. The first-order chi connectivity index (χ1) is 6.13. The molecule has 0 radical (unpaired) electrons. The van der Waals surface area contributed by atoms with Crippen molar-refractivity contribution < 1.29 is 5.11 Å². The van der Waals surface area contributed by atoms with E-state index in [1.807, 2.05) is 13.0 Å². The molecule has 2 nitrogen and oxygen atoms in total. The van der Waals surface area contributed by atoms with E-state index in [9.17, 15) is 5.11 Å². The van der Waals surface area contributed by atoms with Gasteiger partial charge in [0.2, 0.25) is 0 Å². The molecule has 3 N–H and O–H groups in total. The summed E-state index contributed by atoms with van der Waals surface area (Å²) in [7, 11) is 0. The van der Waals surface area contributed by atoms with Gasteiger partial charge in [-0.3, -0.25) is 0 Å². The number of halogens is 1. The number of aromatic hydroxyl groups is 1. The number of hydrogen-bond acceptors (Lipinski definition) is 2. The summed E-state index contributed by atoms with van der Waals surface area (Å²) >= 11 is 0. The summed E-state index contributed by atoms with van der Waals surface area (Å²) < 4.78 is 0. The van der Waals surface area contributed by atoms with Gasteiger partial charge in [-0.15, -0.1) is 12.4 Å². The van der Waals surface area contributed by atoms with Gasteiger partial charge in [-0.1, -0.05) is 13.0 Å². The predicted octanol–water partition coefficient (Wildman–Crippen LogP) is 2.40. The van der Waals surface area contributed by atoms with E-state index in [0.29, 0.717) is 5.75 Å². The summed E-state index contributed by atoms with van der Waals surface area (Å²) in [5.74, 6) is 0.323. The van der Waals surface area contributed by atoms with Crippen LogP contribution in [0.15, 0.2) is 18.2 Å². The lowest BCUT2D eigenvalue weighted by molar-refractivity contribution is 0.474. The van der Waals surface area contributed by atoms with Crippen LogP contribution in [0.25, 0.3) is 0 Å². The maximum absolute atomic E-state index is 9.28. The minimum Gasteiger partial charge on any atom is -0.508 e. The fourth-order valence-corrected chi connectivity index (χ4v) is 1.30. The normalized spacial score (nSPS) is 11.9. The van der Waals surface area contributed by atoms with Crippen LogP contribution in [0.5, 0.6) is 5.75 Å². The molecule has 0 bridgehead atoms. The van der Waals surface area contributed by atoms with Crippen molar-refractivity contribution in [2.75, 3.05) is 0 Å². The van der Waals surface area contributed by atoms with Gasteiger partial charge >= 0.3 is 0 Å². The van der Waals surface area contributed by atoms with Gasteiger partial charge in [0.15, 0.2) is 0 Å². The number of phenolic OH excluding ortho intramolecular Hbond substituents is 1. The molecule has 1 atom stereocenters. The van der Waals surface area contributed by atoms with Crippen molar-refractivity contribution in [3.05, 3.63) is 29.3 Å². The van der Waals surface area contributed by atoms with E-state index in [1.54, 1.807) is 12.1 Å². The first-order valence-electron chi connectivity index (χ1n) is 4.67. The smallest absolute Gasteiger partial charge is 0.115 e. The van der Waals surface area contributed by atoms with E-state index < -0.39 is 0 Å². The van der Waals surface area contributed by atoms with Gasteiger partial charge in [0.1, 0.15) is 5.75 Å². The predicted molar refractivity (Wildman–Crippen MR) is 62.1 cm³/mol. The van der Waals surface area contributed by atoms with E-state index in [2.05, 4.69) is 6.92 Å². The molecule has 1 rings (SSSR count). The van der Waals surface area contributed by atoms with Gasteiger partial charge in [0.05, 0.1) is 0 Å². The van der Waals surface area contributed by atoms with Crippen molar-refractivity contribution >= 4 is 12.4 Å². The zero-order chi connectivity index (χ0) is 9.84. The Morgan fingerprint density at radius 1 is 1.43 bits per heavy atom. The lowest BCUT2D eigenvalue weighted by Crippen LogP contribution is -2.21. The molecule has 0 heterocycles. The highest BCUT2D eigenvalue weighted by Crippen LogP contribution is 2.17. The molecule has 1 aromatic carbocycles. The molecule has 0 saturated heterocycles. The Morgan fingerprint density at radius 3 is 2.64 bits per heavy atom. The van der Waals surface area contributed by atoms with Crippen molar-refractivity contribution in [2.24, 2.45) is 5.73 Å². The largest absolute Gasteiger partial charge is 0.508 e. The van der Waals surface area contributed by atoms with Gasteiger partial charge in [0.25, 0.3) is 0 Å². The van der Waals surface area contributed by atoms with Crippen molar-refractivity contribution in [1.82, 2.24) is 0 Å². The molecule has 1 unspecified atom stereocenters. The second-order valence-electron chi connectivity index (χ2n) is 3.48. The maximum Gasteiger partial charge on any atom is 0.115 e. The van der Waals surface area contributed by atoms with Gasteiger partial charge < -0.3 is 10.8 Å². The average molecular weight is 216 g/mol. The van der Waals surface area contributed by atoms with Crippen molar-refractivity contribution in [3.63, 3.8) is 0 Å². The summed E-state index contributed by atoms with van der Waals surface area (Å²) in [4.78, 5) is 0. The minimum absolute atomic E-state index is 0. The molecule has 0 aromatic heterocycles. The van der Waals surface area contributed by atoms with Crippen molar-refractivity contribution in [1.29, 1.82) is 0 Å². The maximum atomic E-state index is 9.28. The van der Waals surface area contributed by atoms with E-state index in [1.165, 1.54) is 5.56 Å². The third kappa shape index (κ3) is 3.56. The summed E-state index contributed by atoms with van der Waals surface area (Å²) in [6.07, 6.45) is 1.81. The van der Waals surface area contributed by atoms with Crippen LogP contribution >= 0.6 is 12.4 Å². The number of phenols is 1. The van der Waals surface area contributed by atoms with E-state index in [0.717, 1.165) is 18.4 Å². The summed E-state index contributed by atoms with van der Waals surface area (Å²) in [5, 5.41) is 9.28. The van der Waals surface area contributed by atoms with E-state index in [4.69, 9.17) is 5.73 Å². The first kappa shape index (κ1) is 13.3.